The number of hydrogen-bond donors (Lipinski definition) is 2. The quantitative estimate of drug-likeness (QED) is 0.367. The minimum atomic E-state index is -1.01. The summed E-state index contributed by atoms with van der Waals surface area (Å²) in [6.07, 6.45) is 3.77. The molecule has 0 spiro atoms. The Hall–Kier alpha value is -3.97. The molecule has 0 unspecified atom stereocenters. The fourth-order valence-corrected chi connectivity index (χ4v) is 5.08. The number of hydrogen-bond acceptors (Lipinski definition) is 11. The van der Waals surface area contributed by atoms with Crippen molar-refractivity contribution >= 4 is 41.9 Å². The summed E-state index contributed by atoms with van der Waals surface area (Å²) in [4.78, 5) is 36.0. The van der Waals surface area contributed by atoms with E-state index >= 15 is 0 Å². The average Bonchev–Trinajstić information content (AvgIpc) is 3.60. The van der Waals surface area contributed by atoms with Crippen molar-refractivity contribution in [2.24, 2.45) is 5.92 Å². The minimum absolute atomic E-state index is 0. The molecule has 2 aliphatic rings. The molecule has 4 aromatic rings. The number of aromatic nitrogens is 6. The molecule has 13 nitrogen and oxygen atoms in total. The third kappa shape index (κ3) is 5.20. The highest BCUT2D eigenvalue weighted by Crippen LogP contribution is 2.24. The molecule has 0 radical (unpaired) electrons. The van der Waals surface area contributed by atoms with Crippen LogP contribution in [0.4, 0.5) is 17.7 Å². The van der Waals surface area contributed by atoms with Crippen LogP contribution in [0.15, 0.2) is 41.0 Å². The number of fused-ring (bicyclic) bond motifs is 1. The first kappa shape index (κ1) is 25.7. The lowest BCUT2D eigenvalue weighted by atomic mass is 9.97. The number of carbonyl (C=O) groups is 1. The van der Waals surface area contributed by atoms with Gasteiger partial charge in [0, 0.05) is 45.8 Å². The molecular formula is C24H29ClN10O3. The van der Waals surface area contributed by atoms with Crippen molar-refractivity contribution in [3.8, 4) is 11.6 Å². The van der Waals surface area contributed by atoms with Crippen LogP contribution in [-0.2, 0) is 0 Å². The predicted molar refractivity (Wildman–Crippen MR) is 143 cm³/mol. The van der Waals surface area contributed by atoms with Crippen molar-refractivity contribution in [3.05, 3.63) is 42.3 Å². The van der Waals surface area contributed by atoms with Crippen LogP contribution in [0, 0.1) is 5.92 Å². The number of carboxylic acids is 1. The molecule has 3 N–H and O–H groups in total. The van der Waals surface area contributed by atoms with Crippen molar-refractivity contribution < 1.29 is 14.3 Å². The molecule has 200 valence electrons. The number of pyridine rings is 1. The Kier molecular flexibility index (Phi) is 7.29. The van der Waals surface area contributed by atoms with Gasteiger partial charge < -0.3 is 25.1 Å². The van der Waals surface area contributed by atoms with Crippen LogP contribution in [0.2, 0.25) is 0 Å². The summed E-state index contributed by atoms with van der Waals surface area (Å²) in [6, 6.07) is 8.71. The number of halogens is 1. The number of rotatable bonds is 6. The van der Waals surface area contributed by atoms with Gasteiger partial charge in [0.1, 0.15) is 5.82 Å². The number of piperazine rings is 1. The molecule has 2 fully saturated rings. The van der Waals surface area contributed by atoms with Crippen LogP contribution in [0.25, 0.3) is 17.4 Å². The number of nitrogens with two attached hydrogens (primary N) is 1. The van der Waals surface area contributed by atoms with Gasteiger partial charge in [0.15, 0.2) is 11.5 Å². The highest BCUT2D eigenvalue weighted by molar-refractivity contribution is 5.86. The van der Waals surface area contributed by atoms with Gasteiger partial charge in [-0.15, -0.1) is 17.5 Å². The molecular weight excluding hydrogens is 512 g/mol. The van der Waals surface area contributed by atoms with Gasteiger partial charge in [-0.3, -0.25) is 4.90 Å². The largest absolute Gasteiger partial charge is 0.477 e. The van der Waals surface area contributed by atoms with Gasteiger partial charge in [-0.25, -0.2) is 9.78 Å². The molecule has 2 aliphatic heterocycles. The summed E-state index contributed by atoms with van der Waals surface area (Å²) in [5.74, 6) is 2.37. The zero-order chi connectivity index (χ0) is 25.4. The molecule has 14 heteroatoms. The third-order valence-corrected chi connectivity index (χ3v) is 6.93. The van der Waals surface area contributed by atoms with Gasteiger partial charge in [0.05, 0.1) is 6.26 Å². The Morgan fingerprint density at radius 2 is 1.87 bits per heavy atom. The van der Waals surface area contributed by atoms with E-state index in [1.807, 2.05) is 6.07 Å². The Bertz CT molecular complexity index is 1400. The van der Waals surface area contributed by atoms with E-state index in [4.69, 9.17) is 10.2 Å². The maximum absolute atomic E-state index is 11.3. The van der Waals surface area contributed by atoms with Crippen LogP contribution >= 0.6 is 12.4 Å². The van der Waals surface area contributed by atoms with E-state index in [0.717, 1.165) is 64.5 Å². The first-order valence-electron chi connectivity index (χ1n) is 12.4. The lowest BCUT2D eigenvalue weighted by Crippen LogP contribution is -2.50. The van der Waals surface area contributed by atoms with E-state index in [9.17, 15) is 9.90 Å². The van der Waals surface area contributed by atoms with Gasteiger partial charge in [-0.05, 0) is 43.0 Å². The Morgan fingerprint density at radius 1 is 1.03 bits per heavy atom. The Labute approximate surface area is 224 Å². The minimum Gasteiger partial charge on any atom is -0.477 e. The fraction of sp³-hybridized carbons (Fsp3) is 0.417. The highest BCUT2D eigenvalue weighted by Gasteiger charge is 2.27. The van der Waals surface area contributed by atoms with E-state index < -0.39 is 5.97 Å². The second-order valence-corrected chi connectivity index (χ2v) is 9.43. The number of furan rings is 1. The molecule has 1 atom stereocenters. The number of aromatic carboxylic acids is 1. The number of nitrogens with zero attached hydrogens (tertiary/aromatic N) is 9. The maximum Gasteiger partial charge on any atom is 0.354 e. The van der Waals surface area contributed by atoms with Gasteiger partial charge in [-0.1, -0.05) is 6.07 Å². The number of carboxylic acid groups (broad SMARTS) is 1. The average molecular weight is 541 g/mol. The number of piperidine rings is 1. The summed E-state index contributed by atoms with van der Waals surface area (Å²) in [5, 5.41) is 13.6. The van der Waals surface area contributed by atoms with Crippen LogP contribution in [0.1, 0.15) is 23.3 Å². The summed E-state index contributed by atoms with van der Waals surface area (Å²) in [5.41, 5.74) is 6.28. The molecule has 38 heavy (non-hydrogen) atoms. The van der Waals surface area contributed by atoms with Gasteiger partial charge in [0.25, 0.3) is 5.78 Å². The molecule has 0 saturated carbocycles. The maximum atomic E-state index is 11.3. The summed E-state index contributed by atoms with van der Waals surface area (Å²) < 4.78 is 6.83. The molecule has 4 aromatic heterocycles. The van der Waals surface area contributed by atoms with Crippen molar-refractivity contribution in [1.82, 2.24) is 34.4 Å². The van der Waals surface area contributed by atoms with Crippen molar-refractivity contribution in [1.29, 1.82) is 0 Å². The van der Waals surface area contributed by atoms with E-state index in [-0.39, 0.29) is 24.0 Å². The first-order chi connectivity index (χ1) is 18.0. The standard InChI is InChI=1S/C24H28N10O3.ClH/c25-22-28-23(29-24-27-20(30-34(22)24)18-6-3-13-37-18)33-8-2-4-16(15-33)14-31-9-11-32(12-10-31)19-7-1-5-17(26-19)21(35)36;/h1,3,5-7,13,16H,2,4,8-12,14-15H2,(H,35,36)(H2,25,27,28,29,30);1H/t16-;/m0./s1. The second-order valence-electron chi connectivity index (χ2n) is 9.43. The molecule has 0 aromatic carbocycles. The molecule has 2 saturated heterocycles. The monoisotopic (exact) mass is 540 g/mol. The first-order valence-corrected chi connectivity index (χ1v) is 12.4. The highest BCUT2D eigenvalue weighted by atomic mass is 35.5. The zero-order valence-corrected chi connectivity index (χ0v) is 21.5. The predicted octanol–water partition coefficient (Wildman–Crippen LogP) is 1.92. The third-order valence-electron chi connectivity index (χ3n) is 6.93. The molecule has 0 bridgehead atoms. The van der Waals surface area contributed by atoms with Crippen molar-refractivity contribution in [2.75, 3.05) is 61.3 Å². The van der Waals surface area contributed by atoms with Crippen LogP contribution in [0.3, 0.4) is 0 Å². The van der Waals surface area contributed by atoms with Crippen molar-refractivity contribution in [2.45, 2.75) is 12.8 Å². The molecule has 6 rings (SSSR count). The topological polar surface area (TPSA) is 155 Å². The van der Waals surface area contributed by atoms with Crippen LogP contribution < -0.4 is 15.5 Å². The SMILES string of the molecule is Cl.Nc1nc(N2CCC[C@@H](CN3CCN(c4cccc(C(=O)O)n4)CC3)C2)nc2nc(-c3ccco3)nn12. The van der Waals surface area contributed by atoms with E-state index in [0.29, 0.717) is 29.2 Å². The van der Waals surface area contributed by atoms with Gasteiger partial charge >= 0.3 is 5.97 Å². The lowest BCUT2D eigenvalue weighted by Gasteiger charge is -2.39. The van der Waals surface area contributed by atoms with E-state index in [1.54, 1.807) is 24.5 Å². The normalized spacial score (nSPS) is 18.5. The summed E-state index contributed by atoms with van der Waals surface area (Å²) in [6.45, 7) is 6.13. The lowest BCUT2D eigenvalue weighted by molar-refractivity contribution is 0.0690. The molecule has 0 aliphatic carbocycles. The Balaban J connectivity index is 0.00000294. The number of nitrogen functional groups attached to an aromatic ring is 1. The van der Waals surface area contributed by atoms with Gasteiger partial charge in [0.2, 0.25) is 17.7 Å². The zero-order valence-electron chi connectivity index (χ0n) is 20.7. The van der Waals surface area contributed by atoms with Crippen LogP contribution in [-0.4, -0.2) is 91.3 Å². The smallest absolute Gasteiger partial charge is 0.354 e. The molecule has 6 heterocycles. The van der Waals surface area contributed by atoms with Gasteiger partial charge in [-0.2, -0.15) is 19.5 Å². The molecule has 0 amide bonds. The van der Waals surface area contributed by atoms with E-state index in [2.05, 4.69) is 39.7 Å². The summed E-state index contributed by atoms with van der Waals surface area (Å²) in [7, 11) is 0. The second kappa shape index (κ2) is 10.8. The van der Waals surface area contributed by atoms with Crippen LogP contribution in [0.5, 0.6) is 0 Å². The number of anilines is 3. The van der Waals surface area contributed by atoms with Crippen molar-refractivity contribution in [3.63, 3.8) is 0 Å². The fourth-order valence-electron chi connectivity index (χ4n) is 5.08. The van der Waals surface area contributed by atoms with E-state index in [1.165, 1.54) is 10.6 Å². The summed E-state index contributed by atoms with van der Waals surface area (Å²) >= 11 is 0. The Morgan fingerprint density at radius 3 is 2.63 bits per heavy atom.